The monoisotopic (exact) mass is 609 g/mol. The smallest absolute Gasteiger partial charge is 0.251 e. The third kappa shape index (κ3) is 7.39. The van der Waals surface area contributed by atoms with Crippen molar-refractivity contribution in [3.05, 3.63) is 101 Å². The summed E-state index contributed by atoms with van der Waals surface area (Å²) < 4.78 is 34.9. The second-order valence-corrected chi connectivity index (χ2v) is 13.2. The van der Waals surface area contributed by atoms with E-state index in [1.165, 1.54) is 28.6 Å². The van der Waals surface area contributed by atoms with Crippen LogP contribution in [0.5, 0.6) is 0 Å². The third-order valence-electron chi connectivity index (χ3n) is 7.90. The molecule has 1 saturated carbocycles. The van der Waals surface area contributed by atoms with Crippen molar-refractivity contribution in [2.45, 2.75) is 74.8 Å². The van der Waals surface area contributed by atoms with Crippen LogP contribution in [0, 0.1) is 0 Å². The van der Waals surface area contributed by atoms with Gasteiger partial charge in [0.25, 0.3) is 5.91 Å². The topological polar surface area (TPSA) is 105 Å². The van der Waals surface area contributed by atoms with Gasteiger partial charge in [0.1, 0.15) is 6.04 Å². The summed E-state index contributed by atoms with van der Waals surface area (Å²) in [6.45, 7) is 1.01. The number of benzene rings is 3. The number of hydrogen-bond acceptors (Lipinski definition) is 5. The van der Waals surface area contributed by atoms with Gasteiger partial charge in [-0.2, -0.15) is 4.31 Å². The summed E-state index contributed by atoms with van der Waals surface area (Å²) >= 11 is 6.00. The Kier molecular flexibility index (Phi) is 9.95. The van der Waals surface area contributed by atoms with Crippen LogP contribution in [0.3, 0.4) is 0 Å². The van der Waals surface area contributed by atoms with Crippen molar-refractivity contribution >= 4 is 33.4 Å². The van der Waals surface area contributed by atoms with Gasteiger partial charge in [-0.05, 0) is 86.1 Å². The molecule has 0 radical (unpaired) electrons. The molecular weight excluding hydrogens is 574 g/mol. The molecule has 1 saturated heterocycles. The highest BCUT2D eigenvalue weighted by Crippen LogP contribution is 2.27. The lowest BCUT2D eigenvalue weighted by Crippen LogP contribution is -2.48. The van der Waals surface area contributed by atoms with Gasteiger partial charge in [0, 0.05) is 23.7 Å². The van der Waals surface area contributed by atoms with Crippen molar-refractivity contribution in [1.82, 2.24) is 14.9 Å². The Morgan fingerprint density at radius 3 is 2.38 bits per heavy atom. The second-order valence-electron chi connectivity index (χ2n) is 10.8. The summed E-state index contributed by atoms with van der Waals surface area (Å²) in [6, 6.07) is 21.9. The van der Waals surface area contributed by atoms with E-state index in [0.29, 0.717) is 35.7 Å². The maximum absolute atomic E-state index is 13.8. The van der Waals surface area contributed by atoms with E-state index < -0.39 is 16.1 Å². The number of nitrogens with zero attached hydrogens (tertiary/aromatic N) is 1. The van der Waals surface area contributed by atoms with Crippen LogP contribution in [0.2, 0.25) is 5.02 Å². The minimum Gasteiger partial charge on any atom is -0.371 e. The summed E-state index contributed by atoms with van der Waals surface area (Å²) in [5.74, 6) is -0.503. The minimum absolute atomic E-state index is 0.0109. The van der Waals surface area contributed by atoms with Crippen LogP contribution in [0.4, 0.5) is 0 Å². The van der Waals surface area contributed by atoms with Crippen LogP contribution in [0.15, 0.2) is 83.8 Å². The number of amides is 2. The molecule has 3 atom stereocenters. The Labute approximate surface area is 252 Å². The first-order valence-electron chi connectivity index (χ1n) is 14.4. The van der Waals surface area contributed by atoms with Crippen LogP contribution < -0.4 is 10.6 Å². The van der Waals surface area contributed by atoms with Crippen molar-refractivity contribution < 1.29 is 22.7 Å². The normalized spacial score (nSPS) is 21.1. The summed E-state index contributed by atoms with van der Waals surface area (Å²) in [5, 5.41) is 6.39. The first-order chi connectivity index (χ1) is 20.3. The third-order valence-corrected chi connectivity index (χ3v) is 10.0. The average Bonchev–Trinajstić information content (AvgIpc) is 3.33. The van der Waals surface area contributed by atoms with E-state index >= 15 is 0 Å². The summed E-state index contributed by atoms with van der Waals surface area (Å²) in [4.78, 5) is 26.1. The number of carbonyl (C=O) groups is 2. The first-order valence-corrected chi connectivity index (χ1v) is 16.2. The molecule has 8 nitrogen and oxygen atoms in total. The molecule has 1 heterocycles. The summed E-state index contributed by atoms with van der Waals surface area (Å²) in [6.07, 6.45) is 4.62. The molecule has 0 spiro atoms. The number of hydrogen-bond donors (Lipinski definition) is 2. The highest BCUT2D eigenvalue weighted by atomic mass is 35.5. The van der Waals surface area contributed by atoms with Gasteiger partial charge in [0.05, 0.1) is 23.6 Å². The molecule has 222 valence electrons. The van der Waals surface area contributed by atoms with Crippen molar-refractivity contribution in [3.63, 3.8) is 0 Å². The maximum atomic E-state index is 13.8. The Bertz CT molecular complexity index is 1470. The number of carbonyl (C=O) groups excluding carboxylic acids is 2. The van der Waals surface area contributed by atoms with Crippen LogP contribution in [-0.2, 0) is 32.7 Å². The molecule has 42 heavy (non-hydrogen) atoms. The van der Waals surface area contributed by atoms with Gasteiger partial charge in [-0.3, -0.25) is 9.59 Å². The molecular formula is C32H36ClN3O5S. The van der Waals surface area contributed by atoms with E-state index in [4.69, 9.17) is 16.3 Å². The van der Waals surface area contributed by atoms with E-state index in [1.807, 2.05) is 30.3 Å². The van der Waals surface area contributed by atoms with Gasteiger partial charge in [-0.25, -0.2) is 8.42 Å². The maximum Gasteiger partial charge on any atom is 0.251 e. The number of halogens is 1. The number of sulfonamides is 1. The number of rotatable bonds is 10. The highest BCUT2D eigenvalue weighted by Gasteiger charge is 2.36. The largest absolute Gasteiger partial charge is 0.371 e. The zero-order chi connectivity index (χ0) is 29.5. The zero-order valence-corrected chi connectivity index (χ0v) is 24.9. The molecule has 10 heteroatoms. The van der Waals surface area contributed by atoms with Gasteiger partial charge in [-0.1, -0.05) is 54.1 Å². The van der Waals surface area contributed by atoms with Crippen LogP contribution >= 0.6 is 11.6 Å². The van der Waals surface area contributed by atoms with E-state index in [1.54, 1.807) is 24.3 Å². The first kappa shape index (κ1) is 30.2. The van der Waals surface area contributed by atoms with Crippen molar-refractivity contribution in [2.75, 3.05) is 6.54 Å². The SMILES string of the molecule is O=C(N[C@H]1CCC[C@@H]1OCc1ccccc1)c1ccc(CN([C@@H]2CCCCNC2=O)S(=O)(=O)c2ccc(Cl)cc2)cc1. The minimum atomic E-state index is -4.02. The predicted molar refractivity (Wildman–Crippen MR) is 161 cm³/mol. The van der Waals surface area contributed by atoms with Crippen LogP contribution in [0.25, 0.3) is 0 Å². The van der Waals surface area contributed by atoms with Crippen LogP contribution in [0.1, 0.15) is 60.0 Å². The van der Waals surface area contributed by atoms with Crippen molar-refractivity contribution in [2.24, 2.45) is 0 Å². The molecule has 0 aromatic heterocycles. The molecule has 2 aliphatic rings. The van der Waals surface area contributed by atoms with Gasteiger partial charge in [0.2, 0.25) is 15.9 Å². The Morgan fingerprint density at radius 1 is 0.905 bits per heavy atom. The number of nitrogens with one attached hydrogen (secondary N) is 2. The predicted octanol–water partition coefficient (Wildman–Crippen LogP) is 5.07. The molecule has 2 N–H and O–H groups in total. The van der Waals surface area contributed by atoms with Gasteiger partial charge >= 0.3 is 0 Å². The fourth-order valence-electron chi connectivity index (χ4n) is 5.56. The van der Waals surface area contributed by atoms with E-state index in [2.05, 4.69) is 10.6 Å². The fourth-order valence-corrected chi connectivity index (χ4v) is 7.30. The molecule has 3 aromatic rings. The lowest BCUT2D eigenvalue weighted by Gasteiger charge is -2.29. The Balaban J connectivity index is 1.28. The van der Waals surface area contributed by atoms with Crippen molar-refractivity contribution in [1.29, 1.82) is 0 Å². The molecule has 0 bridgehead atoms. The van der Waals surface area contributed by atoms with Gasteiger partial charge in [0.15, 0.2) is 0 Å². The highest BCUT2D eigenvalue weighted by molar-refractivity contribution is 7.89. The quantitative estimate of drug-likeness (QED) is 0.334. The van der Waals surface area contributed by atoms with Crippen molar-refractivity contribution in [3.8, 4) is 0 Å². The molecule has 3 aromatic carbocycles. The molecule has 0 unspecified atom stereocenters. The molecule has 2 fully saturated rings. The second kappa shape index (κ2) is 13.8. The standard InChI is InChI=1S/C32H36ClN3O5S/c33-26-16-18-27(19-17-26)42(39,40)36(29-10-4-5-20-34-32(29)38)21-23-12-14-25(15-13-23)31(37)35-28-9-6-11-30(28)41-22-24-7-2-1-3-8-24/h1-3,7-8,12-19,28-30H,4-6,9-11,20-22H2,(H,34,38)(H,35,37)/t28-,29+,30-/m0/s1. The average molecular weight is 610 g/mol. The zero-order valence-electron chi connectivity index (χ0n) is 23.4. The Morgan fingerprint density at radius 2 is 1.64 bits per heavy atom. The van der Waals surface area contributed by atoms with Gasteiger partial charge in [-0.15, -0.1) is 0 Å². The Hall–Kier alpha value is -3.24. The van der Waals surface area contributed by atoms with E-state index in [-0.39, 0.29) is 35.4 Å². The van der Waals surface area contributed by atoms with E-state index in [0.717, 1.165) is 37.7 Å². The van der Waals surface area contributed by atoms with E-state index in [9.17, 15) is 18.0 Å². The number of ether oxygens (including phenoxy) is 1. The van der Waals surface area contributed by atoms with Gasteiger partial charge < -0.3 is 15.4 Å². The molecule has 1 aliphatic carbocycles. The summed E-state index contributed by atoms with van der Waals surface area (Å²) in [7, 11) is -4.02. The van der Waals surface area contributed by atoms with Crippen LogP contribution in [-0.4, -0.2) is 49.3 Å². The lowest BCUT2D eigenvalue weighted by molar-refractivity contribution is -0.124. The molecule has 5 rings (SSSR count). The molecule has 1 aliphatic heterocycles. The molecule has 2 amide bonds. The fraction of sp³-hybridized carbons (Fsp3) is 0.375. The summed E-state index contributed by atoms with van der Waals surface area (Å²) in [5.41, 5.74) is 2.25. The lowest BCUT2D eigenvalue weighted by atomic mass is 10.1.